The van der Waals surface area contributed by atoms with Crippen LogP contribution in [-0.2, 0) is 11.3 Å². The standard InChI is InChI=1S/C16H15N5O2S/c22-13-9-17-21(12-4-2-1-3-11(12)13)8-7-14(23)18-16-20-19-15(24-16)10-5-6-10/h1-4,9-10H,5-8H2,(H,18,20,23). The number of hydrogen-bond donors (Lipinski definition) is 1. The van der Waals surface area contributed by atoms with Gasteiger partial charge in [-0.25, -0.2) is 0 Å². The van der Waals surface area contributed by atoms with E-state index in [2.05, 4.69) is 20.6 Å². The fourth-order valence-electron chi connectivity index (χ4n) is 2.51. The molecule has 7 nitrogen and oxygen atoms in total. The Morgan fingerprint density at radius 3 is 2.96 bits per heavy atom. The molecule has 1 aliphatic rings. The Labute approximate surface area is 141 Å². The van der Waals surface area contributed by atoms with Gasteiger partial charge in [-0.15, -0.1) is 10.2 Å². The summed E-state index contributed by atoms with van der Waals surface area (Å²) < 4.78 is 1.67. The Morgan fingerprint density at radius 2 is 2.12 bits per heavy atom. The first kappa shape index (κ1) is 14.9. The van der Waals surface area contributed by atoms with Crippen LogP contribution in [0.3, 0.4) is 0 Å². The zero-order valence-corrected chi connectivity index (χ0v) is 13.6. The van der Waals surface area contributed by atoms with Gasteiger partial charge in [0.25, 0.3) is 0 Å². The third-order valence-corrected chi connectivity index (χ3v) is 4.93. The Hall–Kier alpha value is -2.61. The van der Waals surface area contributed by atoms with Crippen LogP contribution in [0.2, 0.25) is 0 Å². The van der Waals surface area contributed by atoms with Crippen LogP contribution in [-0.4, -0.2) is 25.9 Å². The van der Waals surface area contributed by atoms with Crippen LogP contribution < -0.4 is 10.7 Å². The van der Waals surface area contributed by atoms with Crippen LogP contribution in [0.15, 0.2) is 35.3 Å². The van der Waals surface area contributed by atoms with Crippen molar-refractivity contribution in [2.24, 2.45) is 0 Å². The normalized spacial score (nSPS) is 14.0. The maximum absolute atomic E-state index is 12.1. The molecule has 8 heteroatoms. The van der Waals surface area contributed by atoms with Crippen molar-refractivity contribution in [1.82, 2.24) is 20.0 Å². The van der Waals surface area contributed by atoms with Gasteiger partial charge in [0.2, 0.25) is 16.5 Å². The van der Waals surface area contributed by atoms with Gasteiger partial charge in [0.05, 0.1) is 18.3 Å². The van der Waals surface area contributed by atoms with Crippen LogP contribution in [0, 0.1) is 0 Å². The van der Waals surface area contributed by atoms with E-state index in [-0.39, 0.29) is 17.8 Å². The number of carbonyl (C=O) groups excluding carboxylic acids is 1. The van der Waals surface area contributed by atoms with E-state index in [9.17, 15) is 9.59 Å². The summed E-state index contributed by atoms with van der Waals surface area (Å²) in [5.41, 5.74) is 0.609. The van der Waals surface area contributed by atoms with Gasteiger partial charge in [-0.05, 0) is 25.0 Å². The molecule has 122 valence electrons. The summed E-state index contributed by atoms with van der Waals surface area (Å²) in [6.07, 6.45) is 3.85. The molecule has 0 spiro atoms. The molecule has 3 aromatic rings. The number of para-hydroxylation sites is 1. The summed E-state index contributed by atoms with van der Waals surface area (Å²) in [4.78, 5) is 23.9. The third kappa shape index (κ3) is 3.05. The number of nitrogens with zero attached hydrogens (tertiary/aromatic N) is 4. The third-order valence-electron chi connectivity index (χ3n) is 3.93. The summed E-state index contributed by atoms with van der Waals surface area (Å²) in [5.74, 6) is 0.392. The minimum atomic E-state index is -0.141. The summed E-state index contributed by atoms with van der Waals surface area (Å²) >= 11 is 1.44. The molecule has 0 atom stereocenters. The Bertz CT molecular complexity index is 960. The molecule has 0 radical (unpaired) electrons. The monoisotopic (exact) mass is 341 g/mol. The van der Waals surface area contributed by atoms with Gasteiger partial charge < -0.3 is 5.32 Å². The van der Waals surface area contributed by atoms with Gasteiger partial charge in [0.15, 0.2) is 0 Å². The molecule has 1 aromatic carbocycles. The lowest BCUT2D eigenvalue weighted by molar-refractivity contribution is -0.116. The number of amides is 1. The highest BCUT2D eigenvalue weighted by atomic mass is 32.1. The molecule has 1 aliphatic carbocycles. The van der Waals surface area contributed by atoms with Crippen molar-refractivity contribution in [2.45, 2.75) is 31.7 Å². The summed E-state index contributed by atoms with van der Waals surface area (Å²) in [6.45, 7) is 0.390. The molecule has 0 saturated heterocycles. The molecule has 1 saturated carbocycles. The van der Waals surface area contributed by atoms with Crippen molar-refractivity contribution < 1.29 is 4.79 Å². The van der Waals surface area contributed by atoms with E-state index >= 15 is 0 Å². The average Bonchev–Trinajstić information content (AvgIpc) is 3.35. The van der Waals surface area contributed by atoms with E-state index in [1.54, 1.807) is 10.7 Å². The van der Waals surface area contributed by atoms with Crippen molar-refractivity contribution in [3.8, 4) is 0 Å². The average molecular weight is 341 g/mol. The number of benzene rings is 1. The zero-order chi connectivity index (χ0) is 16.5. The maximum atomic E-state index is 12.1. The highest BCUT2D eigenvalue weighted by Crippen LogP contribution is 2.42. The van der Waals surface area contributed by atoms with Gasteiger partial charge >= 0.3 is 0 Å². The largest absolute Gasteiger partial charge is 0.300 e. The van der Waals surface area contributed by atoms with Crippen LogP contribution >= 0.6 is 11.3 Å². The smallest absolute Gasteiger partial charge is 0.228 e. The van der Waals surface area contributed by atoms with E-state index in [4.69, 9.17) is 0 Å². The molecule has 0 unspecified atom stereocenters. The fraction of sp³-hybridized carbons (Fsp3) is 0.312. The van der Waals surface area contributed by atoms with Gasteiger partial charge in [0, 0.05) is 17.7 Å². The first-order chi connectivity index (χ1) is 11.7. The Morgan fingerprint density at radius 1 is 1.29 bits per heavy atom. The fourth-order valence-corrected chi connectivity index (χ4v) is 3.44. The van der Waals surface area contributed by atoms with Crippen molar-refractivity contribution in [3.05, 3.63) is 45.7 Å². The molecule has 0 aliphatic heterocycles. The van der Waals surface area contributed by atoms with Crippen LogP contribution in [0.4, 0.5) is 5.13 Å². The molecule has 1 N–H and O–H groups in total. The minimum absolute atomic E-state index is 0.118. The van der Waals surface area contributed by atoms with Crippen molar-refractivity contribution in [2.75, 3.05) is 5.32 Å². The highest BCUT2D eigenvalue weighted by Gasteiger charge is 2.27. The second-order valence-corrected chi connectivity index (χ2v) is 6.78. The molecular formula is C16H15N5O2S. The van der Waals surface area contributed by atoms with Crippen LogP contribution in [0.5, 0.6) is 0 Å². The Balaban J connectivity index is 1.43. The molecule has 24 heavy (non-hydrogen) atoms. The number of carbonyl (C=O) groups is 1. The predicted molar refractivity (Wildman–Crippen MR) is 91.1 cm³/mol. The second kappa shape index (κ2) is 6.12. The number of fused-ring (bicyclic) bond motifs is 1. The number of nitrogens with one attached hydrogen (secondary N) is 1. The number of aromatic nitrogens is 4. The summed E-state index contributed by atoms with van der Waals surface area (Å²) in [5, 5.41) is 17.1. The molecule has 1 fully saturated rings. The van der Waals surface area contributed by atoms with E-state index in [1.807, 2.05) is 18.2 Å². The molecular weight excluding hydrogens is 326 g/mol. The lowest BCUT2D eigenvalue weighted by Gasteiger charge is -2.08. The quantitative estimate of drug-likeness (QED) is 0.768. The molecule has 0 bridgehead atoms. The van der Waals surface area contributed by atoms with Crippen molar-refractivity contribution in [1.29, 1.82) is 0 Å². The lowest BCUT2D eigenvalue weighted by atomic mass is 10.2. The first-order valence-corrected chi connectivity index (χ1v) is 8.60. The zero-order valence-electron chi connectivity index (χ0n) is 12.8. The van der Waals surface area contributed by atoms with E-state index in [1.165, 1.54) is 17.5 Å². The molecule has 2 aromatic heterocycles. The minimum Gasteiger partial charge on any atom is -0.300 e. The molecule has 4 rings (SSSR count). The predicted octanol–water partition coefficient (Wildman–Crippen LogP) is 2.15. The van der Waals surface area contributed by atoms with Gasteiger partial charge in [-0.1, -0.05) is 23.5 Å². The van der Waals surface area contributed by atoms with Gasteiger partial charge in [-0.2, -0.15) is 5.10 Å². The van der Waals surface area contributed by atoms with E-state index in [0.717, 1.165) is 23.4 Å². The maximum Gasteiger partial charge on any atom is 0.228 e. The highest BCUT2D eigenvalue weighted by molar-refractivity contribution is 7.15. The summed E-state index contributed by atoms with van der Waals surface area (Å²) in [6, 6.07) is 7.25. The SMILES string of the molecule is O=C(CCn1ncc(=O)c2ccccc21)Nc1nnc(C2CC2)s1. The molecule has 1 amide bonds. The number of hydrogen-bond acceptors (Lipinski definition) is 6. The summed E-state index contributed by atoms with van der Waals surface area (Å²) in [7, 11) is 0. The molecule has 2 heterocycles. The van der Waals surface area contributed by atoms with Gasteiger partial charge in [0.1, 0.15) is 5.01 Å². The van der Waals surface area contributed by atoms with Crippen LogP contribution in [0.25, 0.3) is 10.9 Å². The topological polar surface area (TPSA) is 89.8 Å². The van der Waals surface area contributed by atoms with Crippen LogP contribution in [0.1, 0.15) is 30.2 Å². The Kier molecular flexibility index (Phi) is 3.81. The second-order valence-electron chi connectivity index (χ2n) is 5.77. The van der Waals surface area contributed by atoms with Gasteiger partial charge in [-0.3, -0.25) is 14.3 Å². The van der Waals surface area contributed by atoms with Crippen molar-refractivity contribution in [3.63, 3.8) is 0 Å². The van der Waals surface area contributed by atoms with Crippen molar-refractivity contribution >= 4 is 33.3 Å². The van der Waals surface area contributed by atoms with E-state index < -0.39 is 0 Å². The number of rotatable bonds is 5. The number of anilines is 1. The lowest BCUT2D eigenvalue weighted by Crippen LogP contribution is -2.17. The number of aryl methyl sites for hydroxylation is 1. The van der Waals surface area contributed by atoms with E-state index in [0.29, 0.717) is 23.0 Å². The first-order valence-electron chi connectivity index (χ1n) is 7.79.